The van der Waals surface area contributed by atoms with E-state index in [1.165, 1.54) is 67.1 Å². The van der Waals surface area contributed by atoms with E-state index in [0.717, 1.165) is 7.11 Å². The van der Waals surface area contributed by atoms with Gasteiger partial charge in [-0.2, -0.15) is 23.5 Å². The van der Waals surface area contributed by atoms with Gasteiger partial charge in [0.1, 0.15) is 24.4 Å². The van der Waals surface area contributed by atoms with Crippen molar-refractivity contribution in [1.82, 2.24) is 10.6 Å². The number of ether oxygens (including phenoxy) is 8. The molecule has 2 bridgehead atoms. The van der Waals surface area contributed by atoms with Crippen molar-refractivity contribution in [2.24, 2.45) is 0 Å². The lowest BCUT2D eigenvalue weighted by atomic mass is 9.75. The molecule has 0 aromatic heterocycles. The summed E-state index contributed by atoms with van der Waals surface area (Å²) in [4.78, 5) is 26.9. The Bertz CT molecular complexity index is 1820. The third kappa shape index (κ3) is 12.4. The van der Waals surface area contributed by atoms with E-state index in [4.69, 9.17) is 37.9 Å². The average molecular weight is 991 g/mol. The van der Waals surface area contributed by atoms with Crippen LogP contribution in [0.4, 0.5) is 4.79 Å². The van der Waals surface area contributed by atoms with Gasteiger partial charge in [0.25, 0.3) is 0 Å². The van der Waals surface area contributed by atoms with Crippen LogP contribution in [0.2, 0.25) is 0 Å². The highest BCUT2D eigenvalue weighted by Crippen LogP contribution is 2.47. The van der Waals surface area contributed by atoms with Gasteiger partial charge >= 0.3 is 6.09 Å². The van der Waals surface area contributed by atoms with Crippen LogP contribution in [0, 0.1) is 23.7 Å². The van der Waals surface area contributed by atoms with Gasteiger partial charge in [0.2, 0.25) is 0 Å². The Morgan fingerprint density at radius 3 is 2.47 bits per heavy atom. The first kappa shape index (κ1) is 53.5. The molecular weight excluding hydrogens is 929 g/mol. The predicted octanol–water partition coefficient (Wildman–Crippen LogP) is 3.17. The molecule has 0 aromatic rings. The predicted molar refractivity (Wildman–Crippen MR) is 251 cm³/mol. The first-order valence-corrected chi connectivity index (χ1v) is 27.5. The molecule has 2 aliphatic carbocycles. The van der Waals surface area contributed by atoms with Crippen molar-refractivity contribution in [3.63, 3.8) is 0 Å². The molecule has 16 nitrogen and oxygen atoms in total. The maximum atomic E-state index is 14.0. The van der Waals surface area contributed by atoms with Gasteiger partial charge in [0, 0.05) is 42.9 Å². The SMILES string of the molecule is COC(=O)NC1=C2/C(=C\CSSSC)[C@](O)(C#C/C=C\C#CC2OC2O[C@H](C)[C@@](SC)(C(CO)O[C@H]3C[C@H](O)[C@H](SC)[C@@H](C)O3)[C@H](O)[C@H]2O[C@H]2C[C@H](OC)[C@@H](NC(C)C)CO2)CC1=O. The number of amides is 1. The lowest BCUT2D eigenvalue weighted by Crippen LogP contribution is -2.71. The number of rotatable bonds is 18. The molecule has 0 radical (unpaired) electrons. The van der Waals surface area contributed by atoms with Crippen molar-refractivity contribution < 1.29 is 67.9 Å². The smallest absolute Gasteiger partial charge is 0.411 e. The molecule has 5 rings (SSSR count). The number of hydrogen-bond donors (Lipinski definition) is 6. The molecule has 3 heterocycles. The standard InChI is InChI=1S/C43H62N2O14S5/c1-23(2)44-27-22-54-33(19-31(27)52-5)59-37-39(49)43(61-8,32(21-46)58-34-18-28(47)38(60-7)24(3)55-34)25(4)56-40(37)57-30-14-12-10-11-13-16-42(51)20-29(48)36(45-41(50)53-6)35(30)26(42)15-17-63-64-62-9/h10-11,15,23-25,27-28,30-34,37-40,44,46-47,49,51H,17-22H2,1-9H3,(H,45,50)/b11-10-,26-15+/t24-,25-,27+,28+,30?,31+,32?,33+,34+,37-,38-,39-,40?,42+,43-/m1/s1. The number of aliphatic hydroxyl groups excluding tert-OH is 3. The van der Waals surface area contributed by atoms with Gasteiger partial charge in [-0.25, -0.2) is 4.79 Å². The van der Waals surface area contributed by atoms with E-state index in [-0.39, 0.29) is 65.8 Å². The van der Waals surface area contributed by atoms with Crippen molar-refractivity contribution in [3.8, 4) is 23.7 Å². The summed E-state index contributed by atoms with van der Waals surface area (Å²) in [5.74, 6) is 11.3. The fourth-order valence-corrected chi connectivity index (χ4v) is 13.1. The van der Waals surface area contributed by atoms with E-state index in [2.05, 4.69) is 34.3 Å². The van der Waals surface area contributed by atoms with Crippen molar-refractivity contribution in [2.45, 2.75) is 142 Å². The Hall–Kier alpha value is -1.45. The fourth-order valence-electron chi connectivity index (χ4n) is 8.68. The molecule has 3 unspecified atom stereocenters. The number of aliphatic hydroxyl groups is 4. The Morgan fingerprint density at radius 1 is 1.08 bits per heavy atom. The molecule has 6 N–H and O–H groups in total. The molecule has 358 valence electrons. The summed E-state index contributed by atoms with van der Waals surface area (Å²) in [5.41, 5.74) is -2.05. The van der Waals surface area contributed by atoms with Gasteiger partial charge < -0.3 is 63.6 Å². The van der Waals surface area contributed by atoms with E-state index in [9.17, 15) is 30.0 Å². The number of ketones is 1. The quantitative estimate of drug-likeness (QED) is 0.0662. The van der Waals surface area contributed by atoms with Gasteiger partial charge in [0.15, 0.2) is 30.3 Å². The maximum Gasteiger partial charge on any atom is 0.411 e. The van der Waals surface area contributed by atoms with Crippen LogP contribution in [0.15, 0.2) is 35.1 Å². The highest BCUT2D eigenvalue weighted by Gasteiger charge is 2.61. The molecule has 0 aromatic carbocycles. The van der Waals surface area contributed by atoms with Gasteiger partial charge in [-0.1, -0.05) is 65.2 Å². The zero-order chi connectivity index (χ0) is 46.8. The first-order chi connectivity index (χ1) is 30.6. The zero-order valence-electron chi connectivity index (χ0n) is 37.5. The molecule has 3 saturated heterocycles. The average Bonchev–Trinajstić information content (AvgIpc) is 3.25. The van der Waals surface area contributed by atoms with Crippen LogP contribution in [-0.4, -0.2) is 180 Å². The molecule has 64 heavy (non-hydrogen) atoms. The monoisotopic (exact) mass is 990 g/mol. The maximum absolute atomic E-state index is 14.0. The second-order valence-electron chi connectivity index (χ2n) is 15.9. The molecule has 21 heteroatoms. The summed E-state index contributed by atoms with van der Waals surface area (Å²) >= 11 is 2.69. The molecule has 3 aliphatic heterocycles. The molecule has 5 aliphatic rings. The lowest BCUT2D eigenvalue weighted by Gasteiger charge is -2.54. The number of allylic oxidation sites excluding steroid dienone is 3. The molecule has 3 fully saturated rings. The Morgan fingerprint density at radius 2 is 1.83 bits per heavy atom. The third-order valence-corrected chi connectivity index (χ3v) is 18.1. The van der Waals surface area contributed by atoms with Crippen LogP contribution in [0.5, 0.6) is 0 Å². The minimum absolute atomic E-state index is 0.0143. The highest BCUT2D eigenvalue weighted by molar-refractivity contribution is 9.09. The van der Waals surface area contributed by atoms with Gasteiger partial charge in [-0.15, -0.1) is 0 Å². The summed E-state index contributed by atoms with van der Waals surface area (Å²) in [6, 6.07) is -0.0283. The number of carbonyl (C=O) groups excluding carboxylic acids is 2. The first-order valence-electron chi connectivity index (χ1n) is 20.9. The largest absolute Gasteiger partial charge is 0.453 e. The van der Waals surface area contributed by atoms with Crippen LogP contribution >= 0.6 is 54.9 Å². The number of fused-ring (bicyclic) bond motifs is 2. The molecule has 1 amide bonds. The van der Waals surface area contributed by atoms with Crippen LogP contribution < -0.4 is 10.6 Å². The number of Topliss-reactive ketones (excluding diaryl/α,β-unsaturated/α-hetero) is 1. The van der Waals surface area contributed by atoms with Gasteiger partial charge in [-0.3, -0.25) is 10.1 Å². The van der Waals surface area contributed by atoms with E-state index < -0.39 is 90.7 Å². The number of methoxy groups -OCH3 is 2. The Labute approximate surface area is 396 Å². The Kier molecular flexibility index (Phi) is 20.7. The number of thioether (sulfide) groups is 2. The normalized spacial score (nSPS) is 38.2. The van der Waals surface area contributed by atoms with Crippen molar-refractivity contribution in [1.29, 1.82) is 0 Å². The van der Waals surface area contributed by atoms with E-state index in [1.807, 2.05) is 33.3 Å². The summed E-state index contributed by atoms with van der Waals surface area (Å²) in [5, 5.41) is 53.0. The van der Waals surface area contributed by atoms with Crippen LogP contribution in [0.25, 0.3) is 0 Å². The van der Waals surface area contributed by atoms with Crippen LogP contribution in [0.3, 0.4) is 0 Å². The molecule has 0 spiro atoms. The van der Waals surface area contributed by atoms with Crippen molar-refractivity contribution in [2.75, 3.05) is 52.0 Å². The lowest BCUT2D eigenvalue weighted by molar-refractivity contribution is -0.338. The highest BCUT2D eigenvalue weighted by atomic mass is 33.5. The van der Waals surface area contributed by atoms with Crippen molar-refractivity contribution >= 4 is 66.8 Å². The molecule has 15 atom stereocenters. The summed E-state index contributed by atoms with van der Waals surface area (Å²) < 4.78 is 48.6. The number of hydrogen-bond acceptors (Lipinski definition) is 20. The van der Waals surface area contributed by atoms with Gasteiger partial charge in [-0.05, 0) is 54.6 Å². The minimum Gasteiger partial charge on any atom is -0.453 e. The summed E-state index contributed by atoms with van der Waals surface area (Å²) in [6.45, 7) is 7.22. The summed E-state index contributed by atoms with van der Waals surface area (Å²) in [6.07, 6.45) is -2.18. The number of alkyl carbamates (subject to hydrolysis) is 1. The van der Waals surface area contributed by atoms with Gasteiger partial charge in [0.05, 0.1) is 72.9 Å². The molecular formula is C43H62N2O14S5. The number of nitrogens with one attached hydrogen (secondary N) is 2. The second-order valence-corrected chi connectivity index (χ2v) is 22.5. The second kappa shape index (κ2) is 24.7. The number of carbonyl (C=O) groups is 2. The third-order valence-electron chi connectivity index (χ3n) is 11.6. The molecule has 0 saturated carbocycles. The van der Waals surface area contributed by atoms with E-state index in [1.54, 1.807) is 26.4 Å². The topological polar surface area (TPSA) is 213 Å². The zero-order valence-corrected chi connectivity index (χ0v) is 41.6. The van der Waals surface area contributed by atoms with Crippen molar-refractivity contribution in [3.05, 3.63) is 35.1 Å². The van der Waals surface area contributed by atoms with E-state index in [0.29, 0.717) is 5.75 Å². The Balaban J connectivity index is 1.61. The van der Waals surface area contributed by atoms with Crippen LogP contribution in [-0.2, 0) is 42.7 Å². The fraction of sp³-hybridized carbons (Fsp3) is 0.721. The summed E-state index contributed by atoms with van der Waals surface area (Å²) in [7, 11) is 7.28. The van der Waals surface area contributed by atoms with E-state index >= 15 is 0 Å². The van der Waals surface area contributed by atoms with Crippen LogP contribution in [0.1, 0.15) is 47.0 Å². The minimum atomic E-state index is -2.02.